The van der Waals surface area contributed by atoms with Crippen molar-refractivity contribution in [2.75, 3.05) is 13.1 Å². The zero-order chi connectivity index (χ0) is 20.2. The number of piperidine rings is 1. The van der Waals surface area contributed by atoms with Crippen molar-refractivity contribution in [3.63, 3.8) is 0 Å². The van der Waals surface area contributed by atoms with E-state index in [1.807, 2.05) is 29.2 Å². The standard InChI is InChI=1S/C23H24ClN3O2/c1-15-3-8-22-19(13-15)21-14-20(17-4-6-18(24)7-5-17)25-27(21)23(29-22)9-11-26(12-10-23)16(2)28/h3-8,13,21H,9-12,14H2,1-2H3/t21-/m0/s1. The Morgan fingerprint density at radius 2 is 1.90 bits per heavy atom. The molecular formula is C23H24ClN3O2. The zero-order valence-corrected chi connectivity index (χ0v) is 17.4. The summed E-state index contributed by atoms with van der Waals surface area (Å²) in [4.78, 5) is 13.7. The van der Waals surface area contributed by atoms with Crippen LogP contribution in [0, 0.1) is 6.92 Å². The van der Waals surface area contributed by atoms with Crippen LogP contribution in [-0.2, 0) is 4.79 Å². The Balaban J connectivity index is 1.55. The topological polar surface area (TPSA) is 45.1 Å². The van der Waals surface area contributed by atoms with Gasteiger partial charge in [-0.2, -0.15) is 5.10 Å². The smallest absolute Gasteiger partial charge is 0.219 e. The van der Waals surface area contributed by atoms with Gasteiger partial charge in [0.2, 0.25) is 11.6 Å². The molecule has 1 amide bonds. The van der Waals surface area contributed by atoms with Gasteiger partial charge in [-0.1, -0.05) is 41.4 Å². The second kappa shape index (κ2) is 6.77. The van der Waals surface area contributed by atoms with Gasteiger partial charge in [0.05, 0.1) is 11.8 Å². The maximum atomic E-state index is 11.8. The van der Waals surface area contributed by atoms with Crippen molar-refractivity contribution < 1.29 is 9.53 Å². The quantitative estimate of drug-likeness (QED) is 0.695. The van der Waals surface area contributed by atoms with Crippen molar-refractivity contribution in [1.82, 2.24) is 9.91 Å². The Hall–Kier alpha value is -2.53. The molecule has 5 rings (SSSR count). The van der Waals surface area contributed by atoms with Crippen molar-refractivity contribution in [2.24, 2.45) is 5.10 Å². The highest BCUT2D eigenvalue weighted by molar-refractivity contribution is 6.30. The molecular weight excluding hydrogens is 386 g/mol. The first-order valence-electron chi connectivity index (χ1n) is 10.1. The average molecular weight is 410 g/mol. The summed E-state index contributed by atoms with van der Waals surface area (Å²) in [5.41, 5.74) is 4.05. The summed E-state index contributed by atoms with van der Waals surface area (Å²) in [7, 11) is 0. The number of ether oxygens (including phenoxy) is 1. The molecule has 0 aromatic heterocycles. The van der Waals surface area contributed by atoms with E-state index in [4.69, 9.17) is 21.4 Å². The maximum Gasteiger partial charge on any atom is 0.219 e. The maximum absolute atomic E-state index is 11.8. The van der Waals surface area contributed by atoms with Gasteiger partial charge in [0.1, 0.15) is 5.75 Å². The number of fused-ring (bicyclic) bond motifs is 4. The minimum Gasteiger partial charge on any atom is -0.466 e. The van der Waals surface area contributed by atoms with E-state index < -0.39 is 5.72 Å². The molecule has 1 spiro atoms. The van der Waals surface area contributed by atoms with Gasteiger partial charge in [-0.05, 0) is 30.7 Å². The Morgan fingerprint density at radius 3 is 2.59 bits per heavy atom. The predicted molar refractivity (Wildman–Crippen MR) is 113 cm³/mol. The van der Waals surface area contributed by atoms with Crippen molar-refractivity contribution in [3.05, 3.63) is 64.2 Å². The Morgan fingerprint density at radius 1 is 1.17 bits per heavy atom. The number of carbonyl (C=O) groups excluding carboxylic acids is 1. The highest BCUT2D eigenvalue weighted by Gasteiger charge is 2.52. The molecule has 0 saturated carbocycles. The Bertz CT molecular complexity index is 994. The third-order valence-corrected chi connectivity index (χ3v) is 6.57. The Labute approximate surface area is 175 Å². The van der Waals surface area contributed by atoms with Crippen LogP contribution >= 0.6 is 11.6 Å². The highest BCUT2D eigenvalue weighted by Crippen LogP contribution is 2.50. The molecule has 0 aliphatic carbocycles. The van der Waals surface area contributed by atoms with Crippen LogP contribution in [0.3, 0.4) is 0 Å². The first kappa shape index (κ1) is 18.5. The summed E-state index contributed by atoms with van der Waals surface area (Å²) >= 11 is 6.08. The van der Waals surface area contributed by atoms with Gasteiger partial charge >= 0.3 is 0 Å². The molecule has 29 heavy (non-hydrogen) atoms. The summed E-state index contributed by atoms with van der Waals surface area (Å²) in [6.07, 6.45) is 2.32. The molecule has 0 unspecified atom stereocenters. The van der Waals surface area contributed by atoms with E-state index in [2.05, 4.69) is 30.1 Å². The fourth-order valence-electron chi connectivity index (χ4n) is 4.72. The predicted octanol–water partition coefficient (Wildman–Crippen LogP) is 4.53. The molecule has 1 saturated heterocycles. The number of aryl methyl sites for hydroxylation is 1. The lowest BCUT2D eigenvalue weighted by Gasteiger charge is -2.51. The SMILES string of the molecule is CC(=O)N1CCC2(CC1)Oc1ccc(C)cc1[C@@H]1CC(c3ccc(Cl)cc3)=NN12. The van der Waals surface area contributed by atoms with E-state index in [1.54, 1.807) is 6.92 Å². The van der Waals surface area contributed by atoms with Crippen LogP contribution in [-0.4, -0.2) is 40.3 Å². The number of carbonyl (C=O) groups is 1. The van der Waals surface area contributed by atoms with Crippen molar-refractivity contribution in [2.45, 2.75) is 44.9 Å². The second-order valence-electron chi connectivity index (χ2n) is 8.21. The van der Waals surface area contributed by atoms with Crippen LogP contribution in [0.15, 0.2) is 47.6 Å². The minimum absolute atomic E-state index is 0.120. The summed E-state index contributed by atoms with van der Waals surface area (Å²) in [5.74, 6) is 1.07. The molecule has 3 heterocycles. The van der Waals surface area contributed by atoms with Crippen LogP contribution in [0.1, 0.15) is 48.9 Å². The van der Waals surface area contributed by atoms with Crippen LogP contribution < -0.4 is 4.74 Å². The van der Waals surface area contributed by atoms with E-state index in [-0.39, 0.29) is 11.9 Å². The van der Waals surface area contributed by atoms with Crippen molar-refractivity contribution >= 4 is 23.2 Å². The number of nitrogens with zero attached hydrogens (tertiary/aromatic N) is 3. The lowest BCUT2D eigenvalue weighted by molar-refractivity contribution is -0.158. The van der Waals surface area contributed by atoms with Crippen LogP contribution in [0.4, 0.5) is 0 Å². The summed E-state index contributed by atoms with van der Waals surface area (Å²) < 4.78 is 6.62. The van der Waals surface area contributed by atoms with E-state index in [0.717, 1.165) is 41.3 Å². The van der Waals surface area contributed by atoms with Gasteiger partial charge in [0.15, 0.2) is 0 Å². The molecule has 6 heteroatoms. The van der Waals surface area contributed by atoms with Gasteiger partial charge in [-0.25, -0.2) is 5.01 Å². The van der Waals surface area contributed by atoms with E-state index in [9.17, 15) is 4.79 Å². The summed E-state index contributed by atoms with van der Waals surface area (Å²) in [6.45, 7) is 5.11. The van der Waals surface area contributed by atoms with Crippen LogP contribution in [0.2, 0.25) is 5.02 Å². The fourth-order valence-corrected chi connectivity index (χ4v) is 4.85. The highest BCUT2D eigenvalue weighted by atomic mass is 35.5. The zero-order valence-electron chi connectivity index (χ0n) is 16.7. The van der Waals surface area contributed by atoms with Gasteiger partial charge < -0.3 is 9.64 Å². The minimum atomic E-state index is -0.507. The first-order valence-corrected chi connectivity index (χ1v) is 10.5. The first-order chi connectivity index (χ1) is 13.9. The van der Waals surface area contributed by atoms with Crippen LogP contribution in [0.5, 0.6) is 5.75 Å². The van der Waals surface area contributed by atoms with E-state index in [0.29, 0.717) is 13.1 Å². The number of halogens is 1. The molecule has 3 aliphatic heterocycles. The third-order valence-electron chi connectivity index (χ3n) is 6.32. The normalized spacial score (nSPS) is 22.0. The molecule has 0 N–H and O–H groups in total. The second-order valence-corrected chi connectivity index (χ2v) is 8.65. The number of hydrogen-bond donors (Lipinski definition) is 0. The van der Waals surface area contributed by atoms with Crippen LogP contribution in [0.25, 0.3) is 0 Å². The Kier molecular flexibility index (Phi) is 4.32. The number of benzene rings is 2. The molecule has 0 bridgehead atoms. The largest absolute Gasteiger partial charge is 0.466 e. The van der Waals surface area contributed by atoms with E-state index >= 15 is 0 Å². The van der Waals surface area contributed by atoms with Crippen molar-refractivity contribution in [1.29, 1.82) is 0 Å². The fraction of sp³-hybridized carbons (Fsp3) is 0.391. The van der Waals surface area contributed by atoms with Gasteiger partial charge in [0.25, 0.3) is 0 Å². The summed E-state index contributed by atoms with van der Waals surface area (Å²) in [5, 5.41) is 7.97. The van der Waals surface area contributed by atoms with Gasteiger partial charge in [0, 0.05) is 49.9 Å². The molecule has 2 aromatic carbocycles. The number of likely N-dealkylation sites (tertiary alicyclic amines) is 1. The summed E-state index contributed by atoms with van der Waals surface area (Å²) in [6, 6.07) is 14.4. The molecule has 1 atom stereocenters. The number of hydrogen-bond acceptors (Lipinski definition) is 4. The molecule has 1 fully saturated rings. The van der Waals surface area contributed by atoms with Gasteiger partial charge in [-0.3, -0.25) is 4.79 Å². The third kappa shape index (κ3) is 3.08. The molecule has 3 aliphatic rings. The lowest BCUT2D eigenvalue weighted by atomic mass is 9.90. The molecule has 2 aromatic rings. The molecule has 0 radical (unpaired) electrons. The molecule has 5 nitrogen and oxygen atoms in total. The van der Waals surface area contributed by atoms with E-state index in [1.165, 1.54) is 11.1 Å². The monoisotopic (exact) mass is 409 g/mol. The molecule has 150 valence electrons. The van der Waals surface area contributed by atoms with Crippen molar-refractivity contribution in [3.8, 4) is 5.75 Å². The van der Waals surface area contributed by atoms with Gasteiger partial charge in [-0.15, -0.1) is 0 Å². The lowest BCUT2D eigenvalue weighted by Crippen LogP contribution is -2.59. The number of rotatable bonds is 1. The number of amides is 1. The average Bonchev–Trinajstić information content (AvgIpc) is 3.16. The number of hydrazone groups is 1.